The Morgan fingerprint density at radius 2 is 2.19 bits per heavy atom. The predicted octanol–water partition coefficient (Wildman–Crippen LogP) is 1.61. The van der Waals surface area contributed by atoms with Gasteiger partial charge in [-0.1, -0.05) is 18.6 Å². The molecular formula is C15H20N2O4. The maximum atomic E-state index is 12.5. The molecule has 2 unspecified atom stereocenters. The van der Waals surface area contributed by atoms with E-state index in [9.17, 15) is 9.59 Å². The second-order valence-electron chi connectivity index (χ2n) is 5.55. The van der Waals surface area contributed by atoms with Crippen LogP contribution < -0.4 is 15.8 Å². The van der Waals surface area contributed by atoms with Crippen molar-refractivity contribution in [1.29, 1.82) is 0 Å². The van der Waals surface area contributed by atoms with E-state index >= 15 is 0 Å². The van der Waals surface area contributed by atoms with Gasteiger partial charge in [0.2, 0.25) is 5.91 Å². The third-order valence-corrected chi connectivity index (χ3v) is 4.03. The summed E-state index contributed by atoms with van der Waals surface area (Å²) >= 11 is 0. The number of hydrogen-bond acceptors (Lipinski definition) is 4. The Morgan fingerprint density at radius 1 is 1.48 bits per heavy atom. The Balaban J connectivity index is 2.12. The number of amides is 1. The monoisotopic (exact) mass is 292 g/mol. The summed E-state index contributed by atoms with van der Waals surface area (Å²) in [6.07, 6.45) is 2.52. The van der Waals surface area contributed by atoms with E-state index in [-0.39, 0.29) is 11.9 Å². The molecule has 6 nitrogen and oxygen atoms in total. The summed E-state index contributed by atoms with van der Waals surface area (Å²) in [6.45, 7) is 1.41. The van der Waals surface area contributed by atoms with E-state index < -0.39 is 18.0 Å². The van der Waals surface area contributed by atoms with E-state index in [0.29, 0.717) is 11.4 Å². The minimum Gasteiger partial charge on any atom is -0.480 e. The van der Waals surface area contributed by atoms with Gasteiger partial charge in [0, 0.05) is 6.04 Å². The number of aliphatic carboxylic acids is 1. The fourth-order valence-electron chi connectivity index (χ4n) is 2.58. The average molecular weight is 292 g/mol. The van der Waals surface area contributed by atoms with E-state index in [1.807, 2.05) is 6.92 Å². The highest BCUT2D eigenvalue weighted by Crippen LogP contribution is 2.38. The van der Waals surface area contributed by atoms with Crippen molar-refractivity contribution in [3.8, 4) is 5.75 Å². The highest BCUT2D eigenvalue weighted by molar-refractivity contribution is 5.97. The maximum absolute atomic E-state index is 12.5. The summed E-state index contributed by atoms with van der Waals surface area (Å²) in [5.41, 5.74) is 5.90. The Bertz CT molecular complexity index is 546. The number of nitrogens with two attached hydrogens (primary N) is 1. The lowest BCUT2D eigenvalue weighted by atomic mass is 9.84. The minimum atomic E-state index is -1.07. The van der Waals surface area contributed by atoms with Crippen molar-refractivity contribution in [2.45, 2.75) is 32.2 Å². The molecule has 0 bridgehead atoms. The molecule has 114 valence electrons. The second-order valence-corrected chi connectivity index (χ2v) is 5.55. The number of carbonyl (C=O) groups is 2. The van der Waals surface area contributed by atoms with Crippen LogP contribution in [0.15, 0.2) is 24.3 Å². The van der Waals surface area contributed by atoms with Crippen LogP contribution in [0.25, 0.3) is 0 Å². The molecule has 0 heterocycles. The first kappa shape index (κ1) is 15.3. The van der Waals surface area contributed by atoms with Gasteiger partial charge in [-0.2, -0.15) is 0 Å². The van der Waals surface area contributed by atoms with Gasteiger partial charge >= 0.3 is 5.97 Å². The number of carbonyl (C=O) groups excluding carboxylic acids is 1. The van der Waals surface area contributed by atoms with Gasteiger partial charge in [-0.15, -0.1) is 0 Å². The van der Waals surface area contributed by atoms with Gasteiger partial charge in [0.25, 0.3) is 0 Å². The van der Waals surface area contributed by atoms with Crippen molar-refractivity contribution in [2.24, 2.45) is 11.1 Å². The normalized spacial score (nSPS) is 24.6. The summed E-state index contributed by atoms with van der Waals surface area (Å²) in [5.74, 6) is -0.886. The summed E-state index contributed by atoms with van der Waals surface area (Å²) < 4.78 is 5.18. The molecule has 1 aromatic carbocycles. The number of nitrogens with one attached hydrogen (secondary N) is 1. The van der Waals surface area contributed by atoms with E-state index in [1.165, 1.54) is 0 Å². The first-order valence-corrected chi connectivity index (χ1v) is 6.94. The number of rotatable bonds is 5. The molecule has 1 saturated carbocycles. The number of carboxylic acids is 1. The number of hydrogen-bond donors (Lipinski definition) is 3. The Morgan fingerprint density at radius 3 is 2.81 bits per heavy atom. The Kier molecular flexibility index (Phi) is 4.47. The zero-order valence-corrected chi connectivity index (χ0v) is 12.0. The summed E-state index contributed by atoms with van der Waals surface area (Å²) in [7, 11) is 0. The third-order valence-electron chi connectivity index (χ3n) is 4.03. The molecule has 0 saturated heterocycles. The van der Waals surface area contributed by atoms with Crippen LogP contribution in [0.2, 0.25) is 0 Å². The van der Waals surface area contributed by atoms with Gasteiger partial charge in [0.15, 0.2) is 6.61 Å². The zero-order valence-electron chi connectivity index (χ0n) is 12.0. The number of para-hydroxylation sites is 2. The number of anilines is 1. The van der Waals surface area contributed by atoms with Gasteiger partial charge in [0.1, 0.15) is 5.75 Å². The molecule has 6 heteroatoms. The van der Waals surface area contributed by atoms with E-state index in [4.69, 9.17) is 15.6 Å². The van der Waals surface area contributed by atoms with Crippen molar-refractivity contribution in [3.05, 3.63) is 24.3 Å². The first-order chi connectivity index (χ1) is 9.93. The van der Waals surface area contributed by atoms with Crippen LogP contribution in [0.4, 0.5) is 5.69 Å². The fourth-order valence-corrected chi connectivity index (χ4v) is 2.58. The summed E-state index contributed by atoms with van der Waals surface area (Å²) in [6, 6.07) is 6.61. The smallest absolute Gasteiger partial charge is 0.341 e. The highest BCUT2D eigenvalue weighted by atomic mass is 16.5. The van der Waals surface area contributed by atoms with Crippen LogP contribution in [0.5, 0.6) is 5.75 Å². The molecule has 2 atom stereocenters. The molecule has 1 amide bonds. The van der Waals surface area contributed by atoms with Crippen molar-refractivity contribution in [2.75, 3.05) is 11.9 Å². The lowest BCUT2D eigenvalue weighted by Gasteiger charge is -2.27. The van der Waals surface area contributed by atoms with Gasteiger partial charge in [0.05, 0.1) is 11.1 Å². The molecule has 0 spiro atoms. The SMILES string of the molecule is CC1(C(=O)Nc2ccccc2OCC(=O)O)CCCC1N. The molecule has 0 aromatic heterocycles. The van der Waals surface area contributed by atoms with Crippen LogP contribution in [0, 0.1) is 5.41 Å². The van der Waals surface area contributed by atoms with Crippen LogP contribution >= 0.6 is 0 Å². The molecule has 2 rings (SSSR count). The predicted molar refractivity (Wildman–Crippen MR) is 78.1 cm³/mol. The maximum Gasteiger partial charge on any atom is 0.341 e. The molecule has 0 radical (unpaired) electrons. The van der Waals surface area contributed by atoms with Crippen LogP contribution in [-0.4, -0.2) is 29.6 Å². The molecule has 21 heavy (non-hydrogen) atoms. The van der Waals surface area contributed by atoms with Crippen molar-refractivity contribution in [1.82, 2.24) is 0 Å². The Labute approximate surface area is 123 Å². The molecule has 1 aliphatic rings. The quantitative estimate of drug-likeness (QED) is 0.765. The van der Waals surface area contributed by atoms with Crippen molar-refractivity contribution < 1.29 is 19.4 Å². The van der Waals surface area contributed by atoms with Crippen molar-refractivity contribution >= 4 is 17.6 Å². The summed E-state index contributed by atoms with van der Waals surface area (Å²) in [5, 5.41) is 11.5. The van der Waals surface area contributed by atoms with Crippen LogP contribution in [0.3, 0.4) is 0 Å². The van der Waals surface area contributed by atoms with Gasteiger partial charge < -0.3 is 20.9 Å². The van der Waals surface area contributed by atoms with E-state index in [0.717, 1.165) is 19.3 Å². The van der Waals surface area contributed by atoms with E-state index in [1.54, 1.807) is 24.3 Å². The highest BCUT2D eigenvalue weighted by Gasteiger charge is 2.43. The standard InChI is InChI=1S/C15H20N2O4/c1-15(8-4-7-12(15)16)14(20)17-10-5-2-3-6-11(10)21-9-13(18)19/h2-3,5-6,12H,4,7-9,16H2,1H3,(H,17,20)(H,18,19). The number of carboxylic acid groups (broad SMARTS) is 1. The average Bonchev–Trinajstić information content (AvgIpc) is 2.79. The lowest BCUT2D eigenvalue weighted by molar-refractivity contribution is -0.139. The Hall–Kier alpha value is -2.08. The number of ether oxygens (including phenoxy) is 1. The molecule has 4 N–H and O–H groups in total. The van der Waals surface area contributed by atoms with E-state index in [2.05, 4.69) is 5.32 Å². The molecule has 0 aliphatic heterocycles. The van der Waals surface area contributed by atoms with Gasteiger partial charge in [-0.05, 0) is 31.9 Å². The molecule has 1 aromatic rings. The molecule has 1 aliphatic carbocycles. The fraction of sp³-hybridized carbons (Fsp3) is 0.467. The minimum absolute atomic E-state index is 0.154. The largest absolute Gasteiger partial charge is 0.480 e. The van der Waals surface area contributed by atoms with Crippen LogP contribution in [-0.2, 0) is 9.59 Å². The first-order valence-electron chi connectivity index (χ1n) is 6.94. The third kappa shape index (κ3) is 3.33. The topological polar surface area (TPSA) is 102 Å². The van der Waals surface area contributed by atoms with Crippen molar-refractivity contribution in [3.63, 3.8) is 0 Å². The summed E-state index contributed by atoms with van der Waals surface area (Å²) in [4.78, 5) is 23.1. The second kappa shape index (κ2) is 6.13. The lowest BCUT2D eigenvalue weighted by Crippen LogP contribution is -2.44. The van der Waals surface area contributed by atoms with Gasteiger partial charge in [-0.3, -0.25) is 4.79 Å². The van der Waals surface area contributed by atoms with Crippen LogP contribution in [0.1, 0.15) is 26.2 Å². The molecular weight excluding hydrogens is 272 g/mol. The zero-order chi connectivity index (χ0) is 15.5. The number of benzene rings is 1. The van der Waals surface area contributed by atoms with Gasteiger partial charge in [-0.25, -0.2) is 4.79 Å². The molecule has 1 fully saturated rings.